The van der Waals surface area contributed by atoms with Crippen molar-refractivity contribution >= 4 is 35.0 Å². The van der Waals surface area contributed by atoms with Crippen LogP contribution < -0.4 is 4.90 Å². The van der Waals surface area contributed by atoms with Crippen LogP contribution in [0.1, 0.15) is 30.9 Å². The van der Waals surface area contributed by atoms with Crippen LogP contribution >= 0.6 is 23.4 Å². The molecule has 1 aliphatic rings. The monoisotopic (exact) mass is 469 g/mol. The van der Waals surface area contributed by atoms with Crippen LogP contribution in [0.5, 0.6) is 0 Å². The molecule has 3 aromatic rings. The zero-order valence-corrected chi connectivity index (χ0v) is 19.0. The number of thioether (sulfide) groups is 1. The van der Waals surface area contributed by atoms with Crippen LogP contribution in [-0.2, 0) is 4.79 Å². The molecule has 0 unspecified atom stereocenters. The van der Waals surface area contributed by atoms with Gasteiger partial charge in [0.25, 0.3) is 0 Å². The SMILES string of the molecule is Cc1cc(N(CCC#N)C(=O)CSc2nnc(-c3ccccc3F)n2C2CC2)ccc1Cl. The summed E-state index contributed by atoms with van der Waals surface area (Å²) in [5.74, 6) is 0.102. The van der Waals surface area contributed by atoms with Crippen molar-refractivity contribution in [2.75, 3.05) is 17.2 Å². The lowest BCUT2D eigenvalue weighted by atomic mass is 10.2. The Labute approximate surface area is 195 Å². The molecular formula is C23H21ClFN5OS. The fourth-order valence-electron chi connectivity index (χ4n) is 3.42. The predicted molar refractivity (Wildman–Crippen MR) is 123 cm³/mol. The van der Waals surface area contributed by atoms with Gasteiger partial charge in [0.2, 0.25) is 5.91 Å². The highest BCUT2D eigenvalue weighted by Crippen LogP contribution is 2.41. The molecule has 0 aliphatic heterocycles. The third kappa shape index (κ3) is 4.79. The maximum Gasteiger partial charge on any atom is 0.237 e. The van der Waals surface area contributed by atoms with E-state index in [-0.39, 0.29) is 36.5 Å². The summed E-state index contributed by atoms with van der Waals surface area (Å²) in [6.07, 6.45) is 2.16. The van der Waals surface area contributed by atoms with E-state index in [4.69, 9.17) is 16.9 Å². The van der Waals surface area contributed by atoms with Crippen LogP contribution in [0.15, 0.2) is 47.6 Å². The first-order valence-corrected chi connectivity index (χ1v) is 11.6. The molecule has 0 N–H and O–H groups in total. The van der Waals surface area contributed by atoms with Gasteiger partial charge in [-0.3, -0.25) is 9.36 Å². The molecule has 9 heteroatoms. The third-order valence-electron chi connectivity index (χ3n) is 5.22. The molecule has 1 fully saturated rings. The number of benzene rings is 2. The van der Waals surface area contributed by atoms with Gasteiger partial charge in [-0.1, -0.05) is 35.5 Å². The van der Waals surface area contributed by atoms with Crippen molar-refractivity contribution in [1.82, 2.24) is 14.8 Å². The van der Waals surface area contributed by atoms with Crippen LogP contribution in [0.4, 0.5) is 10.1 Å². The number of nitrogens with zero attached hydrogens (tertiary/aromatic N) is 5. The quantitative estimate of drug-likeness (QED) is 0.412. The Morgan fingerprint density at radius 1 is 1.31 bits per heavy atom. The number of hydrogen-bond donors (Lipinski definition) is 0. The lowest BCUT2D eigenvalue weighted by Gasteiger charge is -2.22. The Balaban J connectivity index is 1.55. The molecule has 32 heavy (non-hydrogen) atoms. The maximum absolute atomic E-state index is 14.4. The van der Waals surface area contributed by atoms with Crippen LogP contribution in [0.25, 0.3) is 11.4 Å². The van der Waals surface area contributed by atoms with Crippen molar-refractivity contribution in [3.63, 3.8) is 0 Å². The van der Waals surface area contributed by atoms with Gasteiger partial charge in [-0.15, -0.1) is 10.2 Å². The number of carbonyl (C=O) groups excluding carboxylic acids is 1. The summed E-state index contributed by atoms with van der Waals surface area (Å²) in [5.41, 5.74) is 1.95. The molecule has 1 aliphatic carbocycles. The minimum atomic E-state index is -0.352. The lowest BCUT2D eigenvalue weighted by molar-refractivity contribution is -0.116. The summed E-state index contributed by atoms with van der Waals surface area (Å²) >= 11 is 7.40. The molecule has 0 spiro atoms. The number of hydrogen-bond acceptors (Lipinski definition) is 5. The van der Waals surface area contributed by atoms with Crippen molar-refractivity contribution in [3.05, 3.63) is 58.9 Å². The van der Waals surface area contributed by atoms with Crippen molar-refractivity contribution < 1.29 is 9.18 Å². The highest BCUT2D eigenvalue weighted by molar-refractivity contribution is 7.99. The minimum Gasteiger partial charge on any atom is -0.311 e. The average molecular weight is 470 g/mol. The summed E-state index contributed by atoms with van der Waals surface area (Å²) in [6.45, 7) is 2.16. The van der Waals surface area contributed by atoms with Gasteiger partial charge in [-0.05, 0) is 55.7 Å². The molecule has 1 heterocycles. The predicted octanol–water partition coefficient (Wildman–Crippen LogP) is 5.42. The lowest BCUT2D eigenvalue weighted by Crippen LogP contribution is -2.33. The Kier molecular flexibility index (Phi) is 6.77. The molecule has 1 saturated carbocycles. The molecule has 2 aromatic carbocycles. The van der Waals surface area contributed by atoms with E-state index in [1.54, 1.807) is 35.2 Å². The highest BCUT2D eigenvalue weighted by Gasteiger charge is 2.31. The summed E-state index contributed by atoms with van der Waals surface area (Å²) in [5, 5.41) is 18.7. The number of nitriles is 1. The first-order chi connectivity index (χ1) is 15.5. The Morgan fingerprint density at radius 3 is 2.78 bits per heavy atom. The number of aryl methyl sites for hydroxylation is 1. The zero-order valence-electron chi connectivity index (χ0n) is 17.5. The molecule has 164 valence electrons. The van der Waals surface area contributed by atoms with E-state index in [9.17, 15) is 9.18 Å². The molecule has 4 rings (SSSR count). The fourth-order valence-corrected chi connectivity index (χ4v) is 4.42. The standard InChI is InChI=1S/C23H21ClFN5OS/c1-15-13-17(9-10-19(15)24)29(12-4-11-26)21(31)14-32-23-28-27-22(30(23)16-7-8-16)18-5-2-3-6-20(18)25/h2-3,5-6,9-10,13,16H,4,7-8,12,14H2,1H3. The van der Waals surface area contributed by atoms with E-state index in [0.717, 1.165) is 18.4 Å². The second-order valence-electron chi connectivity index (χ2n) is 7.56. The summed E-state index contributed by atoms with van der Waals surface area (Å²) in [4.78, 5) is 14.7. The molecule has 0 bridgehead atoms. The smallest absolute Gasteiger partial charge is 0.237 e. The van der Waals surface area contributed by atoms with Crippen molar-refractivity contribution in [1.29, 1.82) is 5.26 Å². The molecule has 6 nitrogen and oxygen atoms in total. The van der Waals surface area contributed by atoms with Crippen LogP contribution in [0.2, 0.25) is 5.02 Å². The van der Waals surface area contributed by atoms with Gasteiger partial charge in [0, 0.05) is 23.3 Å². The van der Waals surface area contributed by atoms with Crippen molar-refractivity contribution in [2.45, 2.75) is 37.4 Å². The van der Waals surface area contributed by atoms with E-state index in [1.807, 2.05) is 17.6 Å². The first kappa shape index (κ1) is 22.3. The molecule has 0 radical (unpaired) electrons. The molecule has 0 atom stereocenters. The van der Waals surface area contributed by atoms with Crippen LogP contribution in [0, 0.1) is 24.1 Å². The zero-order chi connectivity index (χ0) is 22.7. The van der Waals surface area contributed by atoms with Gasteiger partial charge in [0.1, 0.15) is 5.82 Å². The number of amides is 1. The van der Waals surface area contributed by atoms with E-state index in [1.165, 1.54) is 17.8 Å². The van der Waals surface area contributed by atoms with E-state index in [0.29, 0.717) is 27.3 Å². The Morgan fingerprint density at radius 2 is 2.09 bits per heavy atom. The second kappa shape index (κ2) is 9.72. The summed E-state index contributed by atoms with van der Waals surface area (Å²) in [7, 11) is 0. The number of carbonyl (C=O) groups is 1. The molecule has 1 aromatic heterocycles. The van der Waals surface area contributed by atoms with Crippen molar-refractivity contribution in [2.24, 2.45) is 0 Å². The summed E-state index contributed by atoms with van der Waals surface area (Å²) < 4.78 is 16.3. The third-order valence-corrected chi connectivity index (χ3v) is 6.57. The molecule has 0 saturated heterocycles. The van der Waals surface area contributed by atoms with Gasteiger partial charge in [0.15, 0.2) is 11.0 Å². The minimum absolute atomic E-state index is 0.120. The van der Waals surface area contributed by atoms with E-state index in [2.05, 4.69) is 16.3 Å². The van der Waals surface area contributed by atoms with Gasteiger partial charge < -0.3 is 4.90 Å². The van der Waals surface area contributed by atoms with E-state index >= 15 is 0 Å². The number of halogens is 2. The Hall–Kier alpha value is -2.89. The first-order valence-electron chi connectivity index (χ1n) is 10.3. The number of anilines is 1. The summed E-state index contributed by atoms with van der Waals surface area (Å²) in [6, 6.07) is 14.2. The van der Waals surface area contributed by atoms with Gasteiger partial charge in [-0.25, -0.2) is 4.39 Å². The fraction of sp³-hybridized carbons (Fsp3) is 0.304. The normalized spacial score (nSPS) is 13.1. The van der Waals surface area contributed by atoms with E-state index < -0.39 is 0 Å². The number of aromatic nitrogens is 3. The largest absolute Gasteiger partial charge is 0.311 e. The highest BCUT2D eigenvalue weighted by atomic mass is 35.5. The maximum atomic E-state index is 14.4. The van der Waals surface area contributed by atoms with Crippen LogP contribution in [-0.4, -0.2) is 33.0 Å². The second-order valence-corrected chi connectivity index (χ2v) is 8.91. The van der Waals surface area contributed by atoms with Gasteiger partial charge in [0.05, 0.1) is 23.8 Å². The topological polar surface area (TPSA) is 74.8 Å². The Bertz CT molecular complexity index is 1190. The number of rotatable bonds is 8. The molecule has 1 amide bonds. The van der Waals surface area contributed by atoms with Crippen molar-refractivity contribution in [3.8, 4) is 17.5 Å². The average Bonchev–Trinajstić information content (AvgIpc) is 3.54. The van der Waals surface area contributed by atoms with Gasteiger partial charge in [-0.2, -0.15) is 5.26 Å². The molecular weight excluding hydrogens is 449 g/mol. The van der Waals surface area contributed by atoms with Gasteiger partial charge >= 0.3 is 0 Å². The van der Waals surface area contributed by atoms with Crippen LogP contribution in [0.3, 0.4) is 0 Å².